The standard InChI is InChI=1S/C21H34F5N2O6P/c1-6-31-35(30,32-7-2)15(18(29)33-19(3,4)5)14-17-27-16(28-34-17)12-10-8-9-11-13-20(22,23)21(24,25)26/h15H,6-14H2,1-5H3. The zero-order chi connectivity index (χ0) is 26.9. The number of aromatic nitrogens is 2. The molecule has 1 rings (SSSR count). The normalized spacial score (nSPS) is 14.2. The lowest BCUT2D eigenvalue weighted by molar-refractivity contribution is -0.284. The third kappa shape index (κ3) is 10.5. The van der Waals surface area contributed by atoms with E-state index >= 15 is 0 Å². The Morgan fingerprint density at radius 3 is 2.09 bits per heavy atom. The molecule has 1 aromatic heterocycles. The number of esters is 1. The van der Waals surface area contributed by atoms with Crippen molar-refractivity contribution in [1.29, 1.82) is 0 Å². The number of halogens is 5. The van der Waals surface area contributed by atoms with Crippen LogP contribution in [0.5, 0.6) is 0 Å². The number of carbonyl (C=O) groups excluding carboxylic acids is 1. The summed E-state index contributed by atoms with van der Waals surface area (Å²) in [5.41, 5.74) is -2.20. The van der Waals surface area contributed by atoms with E-state index in [0.29, 0.717) is 12.8 Å². The Labute approximate surface area is 201 Å². The van der Waals surface area contributed by atoms with E-state index < -0.39 is 43.3 Å². The molecule has 0 aliphatic carbocycles. The molecule has 0 fully saturated rings. The van der Waals surface area contributed by atoms with Crippen molar-refractivity contribution in [1.82, 2.24) is 10.1 Å². The van der Waals surface area contributed by atoms with Crippen LogP contribution in [-0.4, -0.2) is 52.7 Å². The maximum absolute atomic E-state index is 13.3. The number of rotatable bonds is 15. The van der Waals surface area contributed by atoms with Crippen LogP contribution in [0.2, 0.25) is 0 Å². The molecule has 0 radical (unpaired) electrons. The molecule has 0 amide bonds. The van der Waals surface area contributed by atoms with Crippen LogP contribution in [0.15, 0.2) is 4.52 Å². The molecular weight excluding hydrogens is 502 g/mol. The first kappa shape index (κ1) is 31.4. The first-order valence-electron chi connectivity index (χ1n) is 11.4. The lowest BCUT2D eigenvalue weighted by atomic mass is 10.1. The maximum atomic E-state index is 13.3. The van der Waals surface area contributed by atoms with E-state index in [2.05, 4.69) is 10.1 Å². The number of hydrogen-bond acceptors (Lipinski definition) is 8. The van der Waals surface area contributed by atoms with Gasteiger partial charge in [0, 0.05) is 12.8 Å². The first-order valence-corrected chi connectivity index (χ1v) is 13.0. The van der Waals surface area contributed by atoms with Crippen LogP contribution in [0.4, 0.5) is 22.0 Å². The molecule has 0 aliphatic rings. The van der Waals surface area contributed by atoms with Crippen LogP contribution in [0, 0.1) is 0 Å². The van der Waals surface area contributed by atoms with E-state index in [4.69, 9.17) is 18.3 Å². The topological polar surface area (TPSA) is 101 Å². The predicted molar refractivity (Wildman–Crippen MR) is 116 cm³/mol. The summed E-state index contributed by atoms with van der Waals surface area (Å²) in [7, 11) is -3.93. The van der Waals surface area contributed by atoms with Gasteiger partial charge in [0.2, 0.25) is 5.89 Å². The second-order valence-corrected chi connectivity index (χ2v) is 11.1. The summed E-state index contributed by atoms with van der Waals surface area (Å²) >= 11 is 0. The Kier molecular flexibility index (Phi) is 11.8. The molecule has 0 spiro atoms. The smallest absolute Gasteiger partial charge is 0.453 e. The molecule has 14 heteroatoms. The van der Waals surface area contributed by atoms with Crippen LogP contribution >= 0.6 is 7.60 Å². The number of carbonyl (C=O) groups is 1. The average Bonchev–Trinajstić information content (AvgIpc) is 3.14. The van der Waals surface area contributed by atoms with Gasteiger partial charge in [0.1, 0.15) is 5.60 Å². The predicted octanol–water partition coefficient (Wildman–Crippen LogP) is 6.28. The van der Waals surface area contributed by atoms with E-state index in [1.807, 2.05) is 0 Å². The zero-order valence-electron chi connectivity index (χ0n) is 20.6. The highest BCUT2D eigenvalue weighted by atomic mass is 31.2. The van der Waals surface area contributed by atoms with Crippen LogP contribution in [0.3, 0.4) is 0 Å². The molecule has 204 valence electrons. The van der Waals surface area contributed by atoms with Crippen molar-refractivity contribution >= 4 is 13.6 Å². The molecule has 35 heavy (non-hydrogen) atoms. The molecular formula is C21H34F5N2O6P. The van der Waals surface area contributed by atoms with Gasteiger partial charge in [-0.3, -0.25) is 9.36 Å². The van der Waals surface area contributed by atoms with E-state index in [9.17, 15) is 31.3 Å². The molecule has 0 N–H and O–H groups in total. The fourth-order valence-corrected chi connectivity index (χ4v) is 4.88. The van der Waals surface area contributed by atoms with Gasteiger partial charge >= 0.3 is 25.7 Å². The summed E-state index contributed by atoms with van der Waals surface area (Å²) in [6, 6.07) is 0. The van der Waals surface area contributed by atoms with E-state index in [0.717, 1.165) is 0 Å². The molecule has 1 heterocycles. The van der Waals surface area contributed by atoms with Gasteiger partial charge in [-0.2, -0.15) is 26.9 Å². The second-order valence-electron chi connectivity index (χ2n) is 8.85. The molecule has 1 atom stereocenters. The van der Waals surface area contributed by atoms with Gasteiger partial charge in [0.25, 0.3) is 0 Å². The summed E-state index contributed by atoms with van der Waals surface area (Å²) in [5, 5.41) is 3.79. The van der Waals surface area contributed by atoms with Crippen LogP contribution in [0.25, 0.3) is 0 Å². The van der Waals surface area contributed by atoms with Crippen molar-refractivity contribution in [3.63, 3.8) is 0 Å². The zero-order valence-corrected chi connectivity index (χ0v) is 21.5. The van der Waals surface area contributed by atoms with Crippen molar-refractivity contribution < 1.29 is 49.6 Å². The third-order valence-corrected chi connectivity index (χ3v) is 7.01. The molecule has 0 aromatic carbocycles. The third-order valence-electron chi connectivity index (χ3n) is 4.61. The van der Waals surface area contributed by atoms with Gasteiger partial charge < -0.3 is 18.3 Å². The summed E-state index contributed by atoms with van der Waals surface area (Å²) in [4.78, 5) is 17.0. The Morgan fingerprint density at radius 2 is 1.57 bits per heavy atom. The van der Waals surface area contributed by atoms with Gasteiger partial charge in [-0.15, -0.1) is 0 Å². The molecule has 0 saturated heterocycles. The van der Waals surface area contributed by atoms with Gasteiger partial charge in [-0.1, -0.05) is 18.0 Å². The monoisotopic (exact) mass is 536 g/mol. The summed E-state index contributed by atoms with van der Waals surface area (Å²) in [5.74, 6) is -5.24. The van der Waals surface area contributed by atoms with Crippen molar-refractivity contribution in [2.24, 2.45) is 0 Å². The largest absolute Gasteiger partial charge is 0.459 e. The van der Waals surface area contributed by atoms with Gasteiger partial charge in [-0.05, 0) is 47.5 Å². The average molecular weight is 536 g/mol. The van der Waals surface area contributed by atoms with Gasteiger partial charge in [0.05, 0.1) is 19.6 Å². The number of alkyl halides is 5. The van der Waals surface area contributed by atoms with Gasteiger partial charge in [-0.25, -0.2) is 0 Å². The molecule has 8 nitrogen and oxygen atoms in total. The summed E-state index contributed by atoms with van der Waals surface area (Å²) < 4.78 is 96.8. The lowest BCUT2D eigenvalue weighted by Gasteiger charge is -2.27. The Hall–Kier alpha value is -1.59. The van der Waals surface area contributed by atoms with E-state index in [-0.39, 0.29) is 50.6 Å². The van der Waals surface area contributed by atoms with E-state index in [1.54, 1.807) is 34.6 Å². The van der Waals surface area contributed by atoms with E-state index in [1.165, 1.54) is 0 Å². The number of unbranched alkanes of at least 4 members (excludes halogenated alkanes) is 3. The minimum Gasteiger partial charge on any atom is -0.459 e. The molecule has 0 bridgehead atoms. The van der Waals surface area contributed by atoms with Crippen molar-refractivity contribution in [3.05, 3.63) is 11.7 Å². The van der Waals surface area contributed by atoms with Crippen LogP contribution in [-0.2, 0) is 36.0 Å². The summed E-state index contributed by atoms with van der Waals surface area (Å²) in [6.07, 6.45) is -6.04. The van der Waals surface area contributed by atoms with Crippen LogP contribution in [0.1, 0.15) is 78.4 Å². The van der Waals surface area contributed by atoms with Gasteiger partial charge in [0.15, 0.2) is 11.5 Å². The minimum atomic E-state index is -5.54. The fraction of sp³-hybridized carbons (Fsp3) is 0.857. The first-order chi connectivity index (χ1) is 16.0. The second kappa shape index (κ2) is 13.1. The molecule has 1 unspecified atom stereocenters. The maximum Gasteiger partial charge on any atom is 0.453 e. The minimum absolute atomic E-state index is 0.000287. The number of hydrogen-bond donors (Lipinski definition) is 0. The number of nitrogens with zero attached hydrogens (tertiary/aromatic N) is 2. The highest BCUT2D eigenvalue weighted by Gasteiger charge is 2.56. The highest BCUT2D eigenvalue weighted by Crippen LogP contribution is 2.54. The molecule has 0 aliphatic heterocycles. The number of aryl methyl sites for hydroxylation is 1. The highest BCUT2D eigenvalue weighted by molar-refractivity contribution is 7.55. The Balaban J connectivity index is 2.73. The number of ether oxygens (including phenoxy) is 1. The van der Waals surface area contributed by atoms with Crippen LogP contribution < -0.4 is 0 Å². The fourth-order valence-electron chi connectivity index (χ4n) is 3.04. The Morgan fingerprint density at radius 1 is 1.00 bits per heavy atom. The lowest BCUT2D eigenvalue weighted by Crippen LogP contribution is -2.36. The van der Waals surface area contributed by atoms with Crippen molar-refractivity contribution in [2.45, 2.75) is 103 Å². The van der Waals surface area contributed by atoms with Crippen molar-refractivity contribution in [3.8, 4) is 0 Å². The van der Waals surface area contributed by atoms with Crippen molar-refractivity contribution in [2.75, 3.05) is 13.2 Å². The molecule has 0 saturated carbocycles. The molecule has 1 aromatic rings. The summed E-state index contributed by atoms with van der Waals surface area (Å²) in [6.45, 7) is 8.23. The Bertz CT molecular complexity index is 831. The quantitative estimate of drug-likeness (QED) is 0.112. The SMILES string of the molecule is CCOP(=O)(OCC)C(Cc1nc(CCCCCCC(F)(F)C(F)(F)F)no1)C(=O)OC(C)(C)C.